The molecule has 0 unspecified atom stereocenters. The number of hydrogen-bond acceptors (Lipinski definition) is 3. The smallest absolute Gasteiger partial charge is 0.329 e. The number of aliphatic carboxylic acids is 1. The van der Waals surface area contributed by atoms with Crippen molar-refractivity contribution >= 4 is 11.9 Å². The summed E-state index contributed by atoms with van der Waals surface area (Å²) < 4.78 is 0. The molecule has 1 heterocycles. The lowest BCUT2D eigenvalue weighted by Crippen LogP contribution is -2.56. The minimum atomic E-state index is -1.07. The highest BCUT2D eigenvalue weighted by atomic mass is 16.4. The molecule has 0 radical (unpaired) electrons. The van der Waals surface area contributed by atoms with Crippen molar-refractivity contribution in [2.75, 3.05) is 7.05 Å². The number of pyridine rings is 1. The van der Waals surface area contributed by atoms with Gasteiger partial charge in [0.25, 0.3) is 5.91 Å². The van der Waals surface area contributed by atoms with E-state index in [2.05, 4.69) is 4.98 Å². The standard InChI is InChI=1S/C15H20N2O3/c1-11-6-7-12(10-16-11)13(18)17(2)15(14(19)20)8-4-3-5-9-15/h6-7,10H,3-5,8-9H2,1-2H3,(H,19,20). The van der Waals surface area contributed by atoms with Crippen LogP contribution in [-0.4, -0.2) is 39.5 Å². The van der Waals surface area contributed by atoms with Gasteiger partial charge in [-0.15, -0.1) is 0 Å². The first-order chi connectivity index (χ1) is 9.47. The van der Waals surface area contributed by atoms with Crippen molar-refractivity contribution in [3.05, 3.63) is 29.6 Å². The van der Waals surface area contributed by atoms with Crippen molar-refractivity contribution in [2.24, 2.45) is 0 Å². The molecule has 1 fully saturated rings. The van der Waals surface area contributed by atoms with Gasteiger partial charge in [-0.25, -0.2) is 4.79 Å². The van der Waals surface area contributed by atoms with Crippen molar-refractivity contribution in [3.63, 3.8) is 0 Å². The third-order valence-electron chi connectivity index (χ3n) is 4.18. The number of carbonyl (C=O) groups excluding carboxylic acids is 1. The van der Waals surface area contributed by atoms with Crippen LogP contribution in [0, 0.1) is 6.92 Å². The fraction of sp³-hybridized carbons (Fsp3) is 0.533. The molecule has 0 saturated heterocycles. The molecule has 1 aromatic heterocycles. The minimum absolute atomic E-state index is 0.276. The number of carbonyl (C=O) groups is 2. The molecule has 1 aliphatic carbocycles. The zero-order valence-corrected chi connectivity index (χ0v) is 11.9. The third kappa shape index (κ3) is 2.53. The quantitative estimate of drug-likeness (QED) is 0.919. The van der Waals surface area contributed by atoms with E-state index in [1.165, 1.54) is 11.1 Å². The van der Waals surface area contributed by atoms with Gasteiger partial charge in [-0.2, -0.15) is 0 Å². The molecular formula is C15H20N2O3. The van der Waals surface area contributed by atoms with Crippen LogP contribution in [0.15, 0.2) is 18.3 Å². The number of hydrogen-bond donors (Lipinski definition) is 1. The van der Waals surface area contributed by atoms with Crippen LogP contribution in [-0.2, 0) is 4.79 Å². The molecule has 5 nitrogen and oxygen atoms in total. The van der Waals surface area contributed by atoms with Crippen LogP contribution >= 0.6 is 0 Å². The molecule has 2 rings (SSSR count). The Morgan fingerprint density at radius 3 is 2.40 bits per heavy atom. The number of amides is 1. The minimum Gasteiger partial charge on any atom is -0.479 e. The predicted octanol–water partition coefficient (Wildman–Crippen LogP) is 2.25. The Morgan fingerprint density at radius 2 is 1.90 bits per heavy atom. The molecule has 0 aromatic carbocycles. The maximum absolute atomic E-state index is 12.5. The van der Waals surface area contributed by atoms with Crippen molar-refractivity contribution in [2.45, 2.75) is 44.6 Å². The lowest BCUT2D eigenvalue weighted by molar-refractivity contribution is -0.151. The number of likely N-dealkylation sites (N-methyl/N-ethyl adjacent to an activating group) is 1. The number of rotatable bonds is 3. The summed E-state index contributed by atoms with van der Waals surface area (Å²) in [5.74, 6) is -1.19. The SMILES string of the molecule is Cc1ccc(C(=O)N(C)C2(C(=O)O)CCCCC2)cn1. The Balaban J connectivity index is 2.27. The summed E-state index contributed by atoms with van der Waals surface area (Å²) in [6.07, 6.45) is 5.26. The molecule has 20 heavy (non-hydrogen) atoms. The van der Waals surface area contributed by atoms with Gasteiger partial charge in [0.15, 0.2) is 0 Å². The van der Waals surface area contributed by atoms with Gasteiger partial charge in [0, 0.05) is 18.9 Å². The monoisotopic (exact) mass is 276 g/mol. The normalized spacial score (nSPS) is 17.5. The summed E-state index contributed by atoms with van der Waals surface area (Å²) in [6, 6.07) is 3.45. The topological polar surface area (TPSA) is 70.5 Å². The molecule has 0 atom stereocenters. The van der Waals surface area contributed by atoms with Gasteiger partial charge in [-0.1, -0.05) is 19.3 Å². The highest BCUT2D eigenvalue weighted by Crippen LogP contribution is 2.34. The third-order valence-corrected chi connectivity index (χ3v) is 4.18. The van der Waals surface area contributed by atoms with E-state index in [1.807, 2.05) is 6.92 Å². The summed E-state index contributed by atoms with van der Waals surface area (Å²) >= 11 is 0. The van der Waals surface area contributed by atoms with E-state index in [4.69, 9.17) is 0 Å². The molecule has 108 valence electrons. The Kier molecular flexibility index (Phi) is 4.06. The lowest BCUT2D eigenvalue weighted by Gasteiger charge is -2.41. The molecule has 0 aliphatic heterocycles. The Hall–Kier alpha value is -1.91. The first-order valence-corrected chi connectivity index (χ1v) is 6.91. The molecule has 1 saturated carbocycles. The fourth-order valence-corrected chi connectivity index (χ4v) is 2.81. The van der Waals surface area contributed by atoms with Crippen LogP contribution in [0.4, 0.5) is 0 Å². The van der Waals surface area contributed by atoms with Crippen LogP contribution in [0.5, 0.6) is 0 Å². The molecule has 1 aromatic rings. The Morgan fingerprint density at radius 1 is 1.25 bits per heavy atom. The van der Waals surface area contributed by atoms with Crippen molar-refractivity contribution in [3.8, 4) is 0 Å². The largest absolute Gasteiger partial charge is 0.479 e. The Bertz CT molecular complexity index is 504. The second kappa shape index (κ2) is 5.61. The molecule has 1 N–H and O–H groups in total. The summed E-state index contributed by atoms with van der Waals surface area (Å²) in [5, 5.41) is 9.59. The summed E-state index contributed by atoms with van der Waals surface area (Å²) in [7, 11) is 1.58. The van der Waals surface area contributed by atoms with Gasteiger partial charge in [0.1, 0.15) is 5.54 Å². The van der Waals surface area contributed by atoms with Gasteiger partial charge in [0.05, 0.1) is 5.56 Å². The molecule has 5 heteroatoms. The average Bonchev–Trinajstić information content (AvgIpc) is 2.47. The van der Waals surface area contributed by atoms with Gasteiger partial charge in [-0.05, 0) is 31.9 Å². The summed E-state index contributed by atoms with van der Waals surface area (Å²) in [5.41, 5.74) is 0.194. The van der Waals surface area contributed by atoms with Crippen LogP contribution in [0.3, 0.4) is 0 Å². The van der Waals surface area contributed by atoms with E-state index in [1.54, 1.807) is 19.2 Å². The van der Waals surface area contributed by atoms with Crippen LogP contribution in [0.2, 0.25) is 0 Å². The van der Waals surface area contributed by atoms with Gasteiger partial charge in [-0.3, -0.25) is 9.78 Å². The van der Waals surface area contributed by atoms with E-state index < -0.39 is 11.5 Å². The molecular weight excluding hydrogens is 256 g/mol. The van der Waals surface area contributed by atoms with Crippen LogP contribution < -0.4 is 0 Å². The molecule has 1 aliphatic rings. The zero-order valence-electron chi connectivity index (χ0n) is 11.9. The molecule has 0 bridgehead atoms. The number of carboxylic acid groups (broad SMARTS) is 1. The number of aryl methyl sites for hydroxylation is 1. The van der Waals surface area contributed by atoms with Crippen molar-refractivity contribution < 1.29 is 14.7 Å². The molecule has 0 spiro atoms. The Labute approximate surface area is 118 Å². The van der Waals surface area contributed by atoms with Crippen LogP contribution in [0.1, 0.15) is 48.2 Å². The van der Waals surface area contributed by atoms with Gasteiger partial charge in [0.2, 0.25) is 0 Å². The van der Waals surface area contributed by atoms with E-state index in [9.17, 15) is 14.7 Å². The maximum atomic E-state index is 12.5. The molecule has 1 amide bonds. The summed E-state index contributed by atoms with van der Waals surface area (Å²) in [4.78, 5) is 29.7. The second-order valence-corrected chi connectivity index (χ2v) is 5.45. The van der Waals surface area contributed by atoms with Gasteiger partial charge < -0.3 is 10.0 Å². The highest BCUT2D eigenvalue weighted by Gasteiger charge is 2.45. The second-order valence-electron chi connectivity index (χ2n) is 5.45. The van der Waals surface area contributed by atoms with Gasteiger partial charge >= 0.3 is 5.97 Å². The first-order valence-electron chi connectivity index (χ1n) is 6.91. The number of nitrogens with zero attached hydrogens (tertiary/aromatic N) is 2. The highest BCUT2D eigenvalue weighted by molar-refractivity contribution is 5.97. The number of carboxylic acids is 1. The predicted molar refractivity (Wildman–Crippen MR) is 74.5 cm³/mol. The van der Waals surface area contributed by atoms with E-state index in [-0.39, 0.29) is 5.91 Å². The van der Waals surface area contributed by atoms with E-state index in [0.29, 0.717) is 18.4 Å². The number of aromatic nitrogens is 1. The van der Waals surface area contributed by atoms with E-state index >= 15 is 0 Å². The average molecular weight is 276 g/mol. The van der Waals surface area contributed by atoms with Crippen LogP contribution in [0.25, 0.3) is 0 Å². The fourth-order valence-electron chi connectivity index (χ4n) is 2.81. The maximum Gasteiger partial charge on any atom is 0.329 e. The van der Waals surface area contributed by atoms with Crippen molar-refractivity contribution in [1.29, 1.82) is 0 Å². The zero-order chi connectivity index (χ0) is 14.8. The van der Waals surface area contributed by atoms with Crippen molar-refractivity contribution in [1.82, 2.24) is 9.88 Å². The first kappa shape index (κ1) is 14.5. The lowest BCUT2D eigenvalue weighted by atomic mass is 9.80. The van der Waals surface area contributed by atoms with E-state index in [0.717, 1.165) is 25.0 Å². The summed E-state index contributed by atoms with van der Waals surface area (Å²) in [6.45, 7) is 1.85.